The first-order valence-corrected chi connectivity index (χ1v) is 7.78. The first-order chi connectivity index (χ1) is 11.1. The molecule has 1 amide bonds. The summed E-state index contributed by atoms with van der Waals surface area (Å²) in [5.74, 6) is 0.265. The van der Waals surface area contributed by atoms with Crippen LogP contribution in [0.5, 0.6) is 0 Å². The predicted molar refractivity (Wildman–Crippen MR) is 88.2 cm³/mol. The normalized spacial score (nSPS) is 14.9. The average molecular weight is 313 g/mol. The maximum atomic E-state index is 13.8. The number of piperazine rings is 1. The van der Waals surface area contributed by atoms with Crippen LogP contribution >= 0.6 is 0 Å². The number of carbonyl (C=O) groups is 1. The molecule has 1 aliphatic rings. The minimum atomic E-state index is -0.462. The fraction of sp³-hybridized carbons (Fsp3) is 0.333. The van der Waals surface area contributed by atoms with Gasteiger partial charge in [-0.2, -0.15) is 0 Å². The van der Waals surface area contributed by atoms with Crippen molar-refractivity contribution in [2.24, 2.45) is 0 Å². The molecule has 1 saturated heterocycles. The molecular weight excluding hydrogens is 293 g/mol. The van der Waals surface area contributed by atoms with Crippen LogP contribution in [0.4, 0.5) is 10.2 Å². The van der Waals surface area contributed by atoms with Gasteiger partial charge in [0.2, 0.25) is 0 Å². The van der Waals surface area contributed by atoms with Crippen LogP contribution < -0.4 is 4.90 Å². The number of aryl methyl sites for hydroxylation is 2. The summed E-state index contributed by atoms with van der Waals surface area (Å²) in [6, 6.07) is 8.25. The van der Waals surface area contributed by atoms with Gasteiger partial charge >= 0.3 is 0 Å². The number of benzene rings is 1. The topological polar surface area (TPSA) is 36.4 Å². The number of hydrogen-bond donors (Lipinski definition) is 0. The maximum absolute atomic E-state index is 13.8. The Labute approximate surface area is 135 Å². The number of hydrogen-bond acceptors (Lipinski definition) is 3. The van der Waals surface area contributed by atoms with Crippen molar-refractivity contribution >= 4 is 11.7 Å². The fourth-order valence-electron chi connectivity index (χ4n) is 2.97. The lowest BCUT2D eigenvalue weighted by atomic mass is 10.1. The molecule has 5 heteroatoms. The summed E-state index contributed by atoms with van der Waals surface area (Å²) >= 11 is 0. The van der Waals surface area contributed by atoms with Gasteiger partial charge in [-0.05, 0) is 37.1 Å². The smallest absolute Gasteiger partial charge is 0.256 e. The molecule has 0 spiro atoms. The summed E-state index contributed by atoms with van der Waals surface area (Å²) < 4.78 is 13.8. The second-order valence-corrected chi connectivity index (χ2v) is 5.91. The molecule has 2 heterocycles. The summed E-state index contributed by atoms with van der Waals surface area (Å²) in [6.07, 6.45) is 1.86. The van der Waals surface area contributed by atoms with Crippen LogP contribution in [0.25, 0.3) is 0 Å². The lowest BCUT2D eigenvalue weighted by molar-refractivity contribution is 0.0742. The highest BCUT2D eigenvalue weighted by atomic mass is 19.1. The molecule has 0 unspecified atom stereocenters. The molecule has 1 aliphatic heterocycles. The Morgan fingerprint density at radius 2 is 1.83 bits per heavy atom. The first-order valence-electron chi connectivity index (χ1n) is 7.78. The zero-order chi connectivity index (χ0) is 16.4. The van der Waals surface area contributed by atoms with Crippen LogP contribution in [0, 0.1) is 19.7 Å². The van der Waals surface area contributed by atoms with Crippen molar-refractivity contribution in [1.82, 2.24) is 9.88 Å². The molecule has 0 atom stereocenters. The third-order valence-corrected chi connectivity index (χ3v) is 4.16. The van der Waals surface area contributed by atoms with Crippen LogP contribution in [0.2, 0.25) is 0 Å². The lowest BCUT2D eigenvalue weighted by Gasteiger charge is -2.36. The van der Waals surface area contributed by atoms with Crippen LogP contribution in [-0.2, 0) is 0 Å². The molecule has 4 nitrogen and oxygen atoms in total. The van der Waals surface area contributed by atoms with Gasteiger partial charge < -0.3 is 9.80 Å². The van der Waals surface area contributed by atoms with Gasteiger partial charge in [0, 0.05) is 32.4 Å². The fourth-order valence-corrected chi connectivity index (χ4v) is 2.97. The Bertz CT molecular complexity index is 724. The molecule has 0 saturated carbocycles. The third kappa shape index (κ3) is 3.18. The van der Waals surface area contributed by atoms with E-state index in [1.165, 1.54) is 12.1 Å². The molecule has 3 rings (SSSR count). The van der Waals surface area contributed by atoms with Crippen LogP contribution in [0.1, 0.15) is 21.5 Å². The van der Waals surface area contributed by atoms with Gasteiger partial charge in [-0.25, -0.2) is 9.37 Å². The maximum Gasteiger partial charge on any atom is 0.256 e. The number of halogens is 1. The third-order valence-electron chi connectivity index (χ3n) is 4.16. The average Bonchev–Trinajstić information content (AvgIpc) is 2.55. The summed E-state index contributed by atoms with van der Waals surface area (Å²) in [5.41, 5.74) is 2.42. The number of anilines is 1. The van der Waals surface area contributed by atoms with Crippen LogP contribution in [0.3, 0.4) is 0 Å². The number of pyridine rings is 1. The van der Waals surface area contributed by atoms with Gasteiger partial charge in [-0.1, -0.05) is 18.2 Å². The number of amides is 1. The number of aromatic nitrogens is 1. The van der Waals surface area contributed by atoms with Crippen molar-refractivity contribution in [1.29, 1.82) is 0 Å². The molecule has 0 N–H and O–H groups in total. The van der Waals surface area contributed by atoms with Gasteiger partial charge in [0.25, 0.3) is 5.91 Å². The van der Waals surface area contributed by atoms with Gasteiger partial charge in [0.15, 0.2) is 0 Å². The highest BCUT2D eigenvalue weighted by Gasteiger charge is 2.25. The second kappa shape index (κ2) is 6.36. The molecular formula is C18H20FN3O. The van der Waals surface area contributed by atoms with Crippen molar-refractivity contribution in [3.8, 4) is 0 Å². The number of carbonyl (C=O) groups excluding carboxylic acids is 1. The lowest BCUT2D eigenvalue weighted by Crippen LogP contribution is -2.49. The van der Waals surface area contributed by atoms with E-state index in [0.29, 0.717) is 26.2 Å². The monoisotopic (exact) mass is 313 g/mol. The van der Waals surface area contributed by atoms with Crippen molar-refractivity contribution in [3.63, 3.8) is 0 Å². The molecule has 0 radical (unpaired) electrons. The van der Waals surface area contributed by atoms with Crippen LogP contribution in [-0.4, -0.2) is 42.0 Å². The predicted octanol–water partition coefficient (Wildman–Crippen LogP) is 2.80. The van der Waals surface area contributed by atoms with E-state index in [1.807, 2.05) is 20.0 Å². The molecule has 1 aromatic heterocycles. The van der Waals surface area contributed by atoms with E-state index in [0.717, 1.165) is 16.9 Å². The zero-order valence-electron chi connectivity index (χ0n) is 13.4. The van der Waals surface area contributed by atoms with Crippen molar-refractivity contribution in [3.05, 3.63) is 59.0 Å². The van der Waals surface area contributed by atoms with Gasteiger partial charge in [-0.3, -0.25) is 4.79 Å². The number of rotatable bonds is 2. The van der Waals surface area contributed by atoms with E-state index in [4.69, 9.17) is 0 Å². The second-order valence-electron chi connectivity index (χ2n) is 5.91. The highest BCUT2D eigenvalue weighted by molar-refractivity contribution is 5.94. The van der Waals surface area contributed by atoms with E-state index in [2.05, 4.69) is 16.0 Å². The Balaban J connectivity index is 1.69. The van der Waals surface area contributed by atoms with Crippen molar-refractivity contribution in [2.75, 3.05) is 31.1 Å². The molecule has 120 valence electrons. The Morgan fingerprint density at radius 3 is 2.48 bits per heavy atom. The van der Waals surface area contributed by atoms with Crippen LogP contribution in [0.15, 0.2) is 36.5 Å². The largest absolute Gasteiger partial charge is 0.353 e. The summed E-state index contributed by atoms with van der Waals surface area (Å²) in [6.45, 7) is 6.62. The summed E-state index contributed by atoms with van der Waals surface area (Å²) in [5, 5.41) is 0. The van der Waals surface area contributed by atoms with Gasteiger partial charge in [0.1, 0.15) is 11.6 Å². The molecule has 1 fully saturated rings. The van der Waals surface area contributed by atoms with E-state index >= 15 is 0 Å². The number of nitrogens with zero attached hydrogens (tertiary/aromatic N) is 3. The molecule has 1 aromatic carbocycles. The highest BCUT2D eigenvalue weighted by Crippen LogP contribution is 2.20. The molecule has 23 heavy (non-hydrogen) atoms. The van der Waals surface area contributed by atoms with E-state index < -0.39 is 5.82 Å². The van der Waals surface area contributed by atoms with Gasteiger partial charge in [-0.15, -0.1) is 0 Å². The van der Waals surface area contributed by atoms with Gasteiger partial charge in [0.05, 0.1) is 5.56 Å². The summed E-state index contributed by atoms with van der Waals surface area (Å²) in [7, 11) is 0. The van der Waals surface area contributed by atoms with Crippen molar-refractivity contribution in [2.45, 2.75) is 13.8 Å². The Hall–Kier alpha value is -2.43. The molecule has 2 aromatic rings. The quantitative estimate of drug-likeness (QED) is 0.855. The standard InChI is InChI=1S/C18H20FN3O/c1-13-11-14(2)17(20-12-13)21-7-9-22(10-8-21)18(23)15-5-3-4-6-16(15)19/h3-6,11-12H,7-10H2,1-2H3. The Kier molecular flexibility index (Phi) is 4.28. The van der Waals surface area contributed by atoms with Crippen molar-refractivity contribution < 1.29 is 9.18 Å². The minimum absolute atomic E-state index is 0.144. The molecule has 0 bridgehead atoms. The molecule has 0 aliphatic carbocycles. The minimum Gasteiger partial charge on any atom is -0.353 e. The Morgan fingerprint density at radius 1 is 1.13 bits per heavy atom. The summed E-state index contributed by atoms with van der Waals surface area (Å²) in [4.78, 5) is 20.8. The zero-order valence-corrected chi connectivity index (χ0v) is 13.4. The first kappa shape index (κ1) is 15.5. The van der Waals surface area contributed by atoms with E-state index in [9.17, 15) is 9.18 Å². The SMILES string of the molecule is Cc1cnc(N2CCN(C(=O)c3ccccc3F)CC2)c(C)c1. The van der Waals surface area contributed by atoms with E-state index in [1.54, 1.807) is 17.0 Å². The van der Waals surface area contributed by atoms with E-state index in [-0.39, 0.29) is 11.5 Å².